The maximum atomic E-state index is 11.8. The molecule has 0 radical (unpaired) electrons. The van der Waals surface area contributed by atoms with Crippen LogP contribution in [0.1, 0.15) is 32.2 Å². The standard InChI is InChI=1S/C21H32N8OS.HI/c1-5-18-26-21(31-27-18)29-12-10-28(11-13-29)19(22-4)23-14-16-6-8-17(9-7-16)25-20(30)24-15(2)3;/h6-9,15H,5,10-14H2,1-4H3,(H,22,23)(H2,24,25,30);1H. The first-order chi connectivity index (χ1) is 15.0. The van der Waals surface area contributed by atoms with Crippen molar-refractivity contribution in [1.82, 2.24) is 24.9 Å². The number of aryl methyl sites for hydroxylation is 1. The molecule has 2 heterocycles. The highest BCUT2D eigenvalue weighted by Gasteiger charge is 2.22. The average Bonchev–Trinajstić information content (AvgIpc) is 3.24. The number of piperazine rings is 1. The quantitative estimate of drug-likeness (QED) is 0.280. The summed E-state index contributed by atoms with van der Waals surface area (Å²) in [5.41, 5.74) is 1.89. The first-order valence-electron chi connectivity index (χ1n) is 10.7. The Labute approximate surface area is 211 Å². The summed E-state index contributed by atoms with van der Waals surface area (Å²) in [6, 6.07) is 7.73. The zero-order valence-corrected chi connectivity index (χ0v) is 22.2. The molecule has 1 saturated heterocycles. The summed E-state index contributed by atoms with van der Waals surface area (Å²) in [6.07, 6.45) is 0.870. The van der Waals surface area contributed by atoms with Gasteiger partial charge in [0.05, 0.1) is 0 Å². The number of hydrogen-bond acceptors (Lipinski definition) is 6. The molecular weight excluding hydrogens is 539 g/mol. The van der Waals surface area contributed by atoms with Crippen molar-refractivity contribution in [2.75, 3.05) is 43.4 Å². The van der Waals surface area contributed by atoms with Crippen LogP contribution in [0.4, 0.5) is 15.6 Å². The van der Waals surface area contributed by atoms with Gasteiger partial charge in [0.1, 0.15) is 5.82 Å². The number of urea groups is 1. The molecule has 3 N–H and O–H groups in total. The molecule has 0 bridgehead atoms. The van der Waals surface area contributed by atoms with Gasteiger partial charge < -0.3 is 25.8 Å². The fourth-order valence-electron chi connectivity index (χ4n) is 3.28. The van der Waals surface area contributed by atoms with Gasteiger partial charge in [0.2, 0.25) is 5.13 Å². The molecule has 1 aliphatic heterocycles. The van der Waals surface area contributed by atoms with E-state index in [0.29, 0.717) is 6.54 Å². The number of nitrogens with one attached hydrogen (secondary N) is 3. The van der Waals surface area contributed by atoms with Crippen molar-refractivity contribution in [2.45, 2.75) is 39.8 Å². The minimum Gasteiger partial charge on any atom is -0.352 e. The summed E-state index contributed by atoms with van der Waals surface area (Å²) in [5.74, 6) is 1.81. The number of aliphatic imine (C=N–C) groups is 1. The van der Waals surface area contributed by atoms with E-state index in [2.05, 4.69) is 47.0 Å². The van der Waals surface area contributed by atoms with E-state index in [4.69, 9.17) is 0 Å². The van der Waals surface area contributed by atoms with Crippen LogP contribution < -0.4 is 20.9 Å². The van der Waals surface area contributed by atoms with Crippen LogP contribution in [0.3, 0.4) is 0 Å². The lowest BCUT2D eigenvalue weighted by Crippen LogP contribution is -2.52. The molecule has 1 aliphatic rings. The second-order valence-electron chi connectivity index (χ2n) is 7.67. The van der Waals surface area contributed by atoms with Crippen LogP contribution in [0.5, 0.6) is 0 Å². The minimum absolute atomic E-state index is 0. The number of nitrogens with zero attached hydrogens (tertiary/aromatic N) is 5. The SMILES string of the molecule is CCc1nsc(N2CCN(C(=NC)NCc3ccc(NC(=O)NC(C)C)cc3)CC2)n1.I. The molecule has 0 unspecified atom stereocenters. The Balaban J connectivity index is 0.00000363. The lowest BCUT2D eigenvalue weighted by atomic mass is 10.2. The highest BCUT2D eigenvalue weighted by Crippen LogP contribution is 2.19. The molecule has 3 rings (SSSR count). The number of aromatic nitrogens is 2. The molecule has 176 valence electrons. The van der Waals surface area contributed by atoms with Gasteiger partial charge in [-0.2, -0.15) is 4.37 Å². The number of carbonyl (C=O) groups is 1. The van der Waals surface area contributed by atoms with E-state index >= 15 is 0 Å². The molecule has 0 spiro atoms. The van der Waals surface area contributed by atoms with E-state index in [9.17, 15) is 4.79 Å². The van der Waals surface area contributed by atoms with Crippen LogP contribution in [-0.4, -0.2) is 65.5 Å². The molecule has 2 amide bonds. The van der Waals surface area contributed by atoms with Crippen LogP contribution in [0, 0.1) is 0 Å². The summed E-state index contributed by atoms with van der Waals surface area (Å²) < 4.78 is 4.39. The molecule has 0 saturated carbocycles. The zero-order valence-electron chi connectivity index (χ0n) is 19.1. The van der Waals surface area contributed by atoms with Gasteiger partial charge in [-0.3, -0.25) is 4.99 Å². The first-order valence-corrected chi connectivity index (χ1v) is 11.5. The van der Waals surface area contributed by atoms with E-state index in [1.54, 1.807) is 0 Å². The van der Waals surface area contributed by atoms with E-state index in [1.807, 2.05) is 45.2 Å². The number of halogens is 1. The van der Waals surface area contributed by atoms with E-state index in [-0.39, 0.29) is 36.0 Å². The molecule has 0 atom stereocenters. The topological polar surface area (TPSA) is 97.8 Å². The summed E-state index contributed by atoms with van der Waals surface area (Å²) in [7, 11) is 1.81. The summed E-state index contributed by atoms with van der Waals surface area (Å²) >= 11 is 1.48. The number of rotatable bonds is 6. The van der Waals surface area contributed by atoms with Gasteiger partial charge in [-0.05, 0) is 31.5 Å². The first kappa shape index (κ1) is 26.1. The smallest absolute Gasteiger partial charge is 0.319 e. The molecule has 1 fully saturated rings. The third kappa shape index (κ3) is 7.47. The van der Waals surface area contributed by atoms with Gasteiger partial charge in [0.25, 0.3) is 0 Å². The third-order valence-corrected chi connectivity index (χ3v) is 5.73. The molecule has 1 aromatic carbocycles. The van der Waals surface area contributed by atoms with E-state index in [1.165, 1.54) is 11.5 Å². The van der Waals surface area contributed by atoms with Gasteiger partial charge in [-0.15, -0.1) is 24.0 Å². The Morgan fingerprint density at radius 3 is 2.44 bits per heavy atom. The Hall–Kier alpha value is -2.15. The minimum atomic E-state index is -0.195. The Morgan fingerprint density at radius 1 is 1.19 bits per heavy atom. The highest BCUT2D eigenvalue weighted by molar-refractivity contribution is 14.0. The van der Waals surface area contributed by atoms with Gasteiger partial charge in [-0.25, -0.2) is 9.78 Å². The Kier molecular flexibility index (Phi) is 10.4. The Bertz CT molecular complexity index is 878. The molecule has 0 aliphatic carbocycles. The van der Waals surface area contributed by atoms with Crippen LogP contribution in [0.15, 0.2) is 29.3 Å². The predicted octanol–water partition coefficient (Wildman–Crippen LogP) is 3.15. The lowest BCUT2D eigenvalue weighted by molar-refractivity contribution is 0.250. The van der Waals surface area contributed by atoms with Crippen molar-refractivity contribution in [1.29, 1.82) is 0 Å². The molecule has 11 heteroatoms. The van der Waals surface area contributed by atoms with Crippen molar-refractivity contribution in [3.63, 3.8) is 0 Å². The fourth-order valence-corrected chi connectivity index (χ4v) is 4.08. The normalized spacial score (nSPS) is 14.2. The van der Waals surface area contributed by atoms with Gasteiger partial charge in [-0.1, -0.05) is 19.1 Å². The fraction of sp³-hybridized carbons (Fsp3) is 0.524. The summed E-state index contributed by atoms with van der Waals surface area (Å²) in [6.45, 7) is 10.2. The number of hydrogen-bond donors (Lipinski definition) is 3. The van der Waals surface area contributed by atoms with Crippen molar-refractivity contribution in [2.24, 2.45) is 4.99 Å². The molecular formula is C21H33IN8OS. The third-order valence-electron chi connectivity index (χ3n) is 4.92. The van der Waals surface area contributed by atoms with Crippen molar-refractivity contribution in [3.05, 3.63) is 35.7 Å². The molecule has 9 nitrogen and oxygen atoms in total. The van der Waals surface area contributed by atoms with Crippen LogP contribution in [-0.2, 0) is 13.0 Å². The predicted molar refractivity (Wildman–Crippen MR) is 142 cm³/mol. The lowest BCUT2D eigenvalue weighted by Gasteiger charge is -2.36. The van der Waals surface area contributed by atoms with Crippen LogP contribution in [0.2, 0.25) is 0 Å². The average molecular weight is 573 g/mol. The van der Waals surface area contributed by atoms with Crippen molar-refractivity contribution < 1.29 is 4.79 Å². The largest absolute Gasteiger partial charge is 0.352 e. The maximum Gasteiger partial charge on any atom is 0.319 e. The van der Waals surface area contributed by atoms with E-state index in [0.717, 1.165) is 60.8 Å². The Morgan fingerprint density at radius 2 is 1.88 bits per heavy atom. The van der Waals surface area contributed by atoms with Crippen LogP contribution in [0.25, 0.3) is 0 Å². The maximum absolute atomic E-state index is 11.8. The van der Waals surface area contributed by atoms with Crippen LogP contribution >= 0.6 is 35.5 Å². The van der Waals surface area contributed by atoms with E-state index < -0.39 is 0 Å². The number of guanidine groups is 1. The molecule has 1 aromatic heterocycles. The zero-order chi connectivity index (χ0) is 22.2. The molecule has 2 aromatic rings. The van der Waals surface area contributed by atoms with Crippen molar-refractivity contribution in [3.8, 4) is 0 Å². The van der Waals surface area contributed by atoms with Crippen molar-refractivity contribution >= 4 is 58.3 Å². The second-order valence-corrected chi connectivity index (χ2v) is 8.40. The number of anilines is 2. The molecule has 32 heavy (non-hydrogen) atoms. The monoisotopic (exact) mass is 572 g/mol. The summed E-state index contributed by atoms with van der Waals surface area (Å²) in [4.78, 5) is 25.4. The summed E-state index contributed by atoms with van der Waals surface area (Å²) in [5, 5.41) is 10.1. The van der Waals surface area contributed by atoms with Gasteiger partial charge in [0, 0.05) is 69.5 Å². The number of benzene rings is 1. The van der Waals surface area contributed by atoms with Gasteiger partial charge >= 0.3 is 6.03 Å². The number of carbonyl (C=O) groups excluding carboxylic acids is 1. The number of amides is 2. The highest BCUT2D eigenvalue weighted by atomic mass is 127. The second kappa shape index (κ2) is 12.8. The van der Waals surface area contributed by atoms with Gasteiger partial charge in [0.15, 0.2) is 5.96 Å².